The van der Waals surface area contributed by atoms with Gasteiger partial charge in [0.1, 0.15) is 10.7 Å². The summed E-state index contributed by atoms with van der Waals surface area (Å²) in [6.07, 6.45) is 2.16. The Morgan fingerprint density at radius 3 is 2.76 bits per heavy atom. The highest BCUT2D eigenvalue weighted by molar-refractivity contribution is 7.18. The van der Waals surface area contributed by atoms with Gasteiger partial charge in [0.25, 0.3) is 5.56 Å². The standard InChI is InChI=1S/C18H25N3O3S/c1-10(2)15-19-16-14(17(22)21(15)9-5-8-20(3)4)13-11(18(23)24)6-7-12(13)25-16/h10-11H,5-9H2,1-4H3,(H,23,24). The number of nitrogens with zero attached hydrogens (tertiary/aromatic N) is 3. The van der Waals surface area contributed by atoms with Gasteiger partial charge in [0.05, 0.1) is 11.3 Å². The number of aromatic nitrogens is 2. The zero-order valence-corrected chi connectivity index (χ0v) is 16.0. The summed E-state index contributed by atoms with van der Waals surface area (Å²) in [4.78, 5) is 33.4. The first-order valence-electron chi connectivity index (χ1n) is 8.74. The van der Waals surface area contributed by atoms with E-state index in [1.54, 1.807) is 4.57 Å². The normalized spacial score (nSPS) is 17.0. The minimum Gasteiger partial charge on any atom is -0.481 e. The van der Waals surface area contributed by atoms with Crippen LogP contribution >= 0.6 is 11.3 Å². The first-order chi connectivity index (χ1) is 11.8. The van der Waals surface area contributed by atoms with Crippen LogP contribution in [0.3, 0.4) is 0 Å². The van der Waals surface area contributed by atoms with Crippen LogP contribution in [0.5, 0.6) is 0 Å². The average molecular weight is 363 g/mol. The molecule has 2 heterocycles. The van der Waals surface area contributed by atoms with Crippen molar-refractivity contribution in [2.45, 2.75) is 51.5 Å². The predicted molar refractivity (Wildman–Crippen MR) is 99.8 cm³/mol. The maximum Gasteiger partial charge on any atom is 0.311 e. The molecule has 0 saturated heterocycles. The van der Waals surface area contributed by atoms with Gasteiger partial charge in [-0.2, -0.15) is 0 Å². The molecule has 7 heteroatoms. The minimum atomic E-state index is -0.843. The van der Waals surface area contributed by atoms with Crippen LogP contribution in [0.1, 0.15) is 54.8 Å². The van der Waals surface area contributed by atoms with Gasteiger partial charge >= 0.3 is 5.97 Å². The fourth-order valence-corrected chi connectivity index (χ4v) is 4.84. The topological polar surface area (TPSA) is 75.4 Å². The Bertz CT molecular complexity index is 867. The van der Waals surface area contributed by atoms with E-state index in [4.69, 9.17) is 4.98 Å². The van der Waals surface area contributed by atoms with Crippen molar-refractivity contribution in [3.05, 3.63) is 26.6 Å². The second-order valence-corrected chi connectivity index (χ2v) is 8.37. The summed E-state index contributed by atoms with van der Waals surface area (Å²) in [5.41, 5.74) is 0.653. The molecule has 0 aromatic carbocycles. The minimum absolute atomic E-state index is 0.0712. The van der Waals surface area contributed by atoms with Crippen LogP contribution in [-0.2, 0) is 17.8 Å². The lowest BCUT2D eigenvalue weighted by molar-refractivity contribution is -0.138. The van der Waals surface area contributed by atoms with Gasteiger partial charge in [-0.1, -0.05) is 13.8 Å². The number of carboxylic acids is 1. The highest BCUT2D eigenvalue weighted by atomic mass is 32.1. The molecule has 1 aliphatic rings. The van der Waals surface area contributed by atoms with Gasteiger partial charge in [-0.3, -0.25) is 14.2 Å². The first kappa shape index (κ1) is 18.1. The lowest BCUT2D eigenvalue weighted by atomic mass is 10.0. The van der Waals surface area contributed by atoms with E-state index in [1.165, 1.54) is 11.3 Å². The largest absolute Gasteiger partial charge is 0.481 e. The number of carboxylic acid groups (broad SMARTS) is 1. The molecule has 2 aromatic heterocycles. The molecule has 3 rings (SSSR count). The zero-order valence-electron chi connectivity index (χ0n) is 15.2. The second kappa shape index (κ2) is 6.88. The first-order valence-corrected chi connectivity index (χ1v) is 9.56. The zero-order chi connectivity index (χ0) is 18.3. The molecular formula is C18H25N3O3S. The Hall–Kier alpha value is -1.73. The molecule has 2 aromatic rings. The quantitative estimate of drug-likeness (QED) is 0.854. The molecule has 0 amide bonds. The third-order valence-corrected chi connectivity index (χ3v) is 5.92. The monoisotopic (exact) mass is 363 g/mol. The van der Waals surface area contributed by atoms with Crippen molar-refractivity contribution >= 4 is 27.5 Å². The van der Waals surface area contributed by atoms with E-state index in [0.717, 1.165) is 35.7 Å². The molecular weight excluding hydrogens is 338 g/mol. The van der Waals surface area contributed by atoms with Crippen LogP contribution in [0.25, 0.3) is 10.2 Å². The van der Waals surface area contributed by atoms with Crippen LogP contribution in [0, 0.1) is 0 Å². The summed E-state index contributed by atoms with van der Waals surface area (Å²) in [6.45, 7) is 5.58. The number of hydrogen-bond donors (Lipinski definition) is 1. The van der Waals surface area contributed by atoms with E-state index in [9.17, 15) is 14.7 Å². The molecule has 0 saturated carbocycles. The molecule has 1 N–H and O–H groups in total. The van der Waals surface area contributed by atoms with Gasteiger partial charge in [-0.05, 0) is 45.5 Å². The van der Waals surface area contributed by atoms with E-state index in [1.807, 2.05) is 27.9 Å². The SMILES string of the molecule is CC(C)c1nc2sc3c(c2c(=O)n1CCCN(C)C)C(C(=O)O)CC3. The molecule has 6 nitrogen and oxygen atoms in total. The van der Waals surface area contributed by atoms with E-state index >= 15 is 0 Å². The molecule has 1 aliphatic carbocycles. The Morgan fingerprint density at radius 1 is 1.44 bits per heavy atom. The summed E-state index contributed by atoms with van der Waals surface area (Å²) in [5, 5.41) is 10.1. The average Bonchev–Trinajstić information content (AvgIpc) is 3.06. The van der Waals surface area contributed by atoms with Gasteiger partial charge in [0, 0.05) is 17.3 Å². The lowest BCUT2D eigenvalue weighted by Gasteiger charge is -2.17. The highest BCUT2D eigenvalue weighted by Crippen LogP contribution is 2.42. The highest BCUT2D eigenvalue weighted by Gasteiger charge is 2.34. The van der Waals surface area contributed by atoms with E-state index in [0.29, 0.717) is 23.2 Å². The summed E-state index contributed by atoms with van der Waals surface area (Å²) in [7, 11) is 4.02. The van der Waals surface area contributed by atoms with Crippen molar-refractivity contribution in [2.24, 2.45) is 0 Å². The number of aryl methyl sites for hydroxylation is 1. The maximum absolute atomic E-state index is 13.2. The number of aliphatic carboxylic acids is 1. The van der Waals surface area contributed by atoms with Crippen molar-refractivity contribution in [1.82, 2.24) is 14.5 Å². The number of carbonyl (C=O) groups is 1. The Balaban J connectivity index is 2.15. The van der Waals surface area contributed by atoms with Gasteiger partial charge in [-0.15, -0.1) is 11.3 Å². The summed E-state index contributed by atoms with van der Waals surface area (Å²) >= 11 is 1.49. The number of rotatable bonds is 6. The van der Waals surface area contributed by atoms with Crippen LogP contribution in [0.4, 0.5) is 0 Å². The molecule has 136 valence electrons. The Labute approximate surface area is 151 Å². The van der Waals surface area contributed by atoms with Gasteiger partial charge < -0.3 is 10.0 Å². The molecule has 0 fully saturated rings. The number of hydrogen-bond acceptors (Lipinski definition) is 5. The predicted octanol–water partition coefficient (Wildman–Crippen LogP) is 2.65. The molecule has 1 unspecified atom stereocenters. The molecule has 25 heavy (non-hydrogen) atoms. The van der Waals surface area contributed by atoms with Crippen LogP contribution in [0.2, 0.25) is 0 Å². The van der Waals surface area contributed by atoms with E-state index < -0.39 is 11.9 Å². The molecule has 0 aliphatic heterocycles. The molecule has 0 spiro atoms. The van der Waals surface area contributed by atoms with Crippen LogP contribution in [-0.4, -0.2) is 46.2 Å². The number of fused-ring (bicyclic) bond motifs is 3. The third kappa shape index (κ3) is 3.22. The summed E-state index contributed by atoms with van der Waals surface area (Å²) in [5.74, 6) is -0.477. The summed E-state index contributed by atoms with van der Waals surface area (Å²) < 4.78 is 1.76. The van der Waals surface area contributed by atoms with Gasteiger partial charge in [-0.25, -0.2) is 4.98 Å². The smallest absolute Gasteiger partial charge is 0.311 e. The van der Waals surface area contributed by atoms with Crippen molar-refractivity contribution in [3.63, 3.8) is 0 Å². The Morgan fingerprint density at radius 2 is 2.16 bits per heavy atom. The fourth-order valence-electron chi connectivity index (χ4n) is 3.59. The number of thiophene rings is 1. The van der Waals surface area contributed by atoms with Crippen molar-refractivity contribution in [3.8, 4) is 0 Å². The van der Waals surface area contributed by atoms with E-state index in [2.05, 4.69) is 4.90 Å². The summed E-state index contributed by atoms with van der Waals surface area (Å²) in [6, 6.07) is 0. The molecule has 1 atom stereocenters. The molecule has 0 bridgehead atoms. The lowest BCUT2D eigenvalue weighted by Crippen LogP contribution is -2.28. The second-order valence-electron chi connectivity index (χ2n) is 7.29. The van der Waals surface area contributed by atoms with Crippen molar-refractivity contribution in [1.29, 1.82) is 0 Å². The van der Waals surface area contributed by atoms with E-state index in [-0.39, 0.29) is 11.5 Å². The van der Waals surface area contributed by atoms with Crippen molar-refractivity contribution < 1.29 is 9.90 Å². The Kier molecular flexibility index (Phi) is 4.97. The van der Waals surface area contributed by atoms with Gasteiger partial charge in [0.15, 0.2) is 0 Å². The van der Waals surface area contributed by atoms with Crippen LogP contribution < -0.4 is 5.56 Å². The van der Waals surface area contributed by atoms with Gasteiger partial charge in [0.2, 0.25) is 0 Å². The third-order valence-electron chi connectivity index (χ3n) is 4.77. The molecule has 0 radical (unpaired) electrons. The van der Waals surface area contributed by atoms with Crippen LogP contribution in [0.15, 0.2) is 4.79 Å². The van der Waals surface area contributed by atoms with Crippen molar-refractivity contribution in [2.75, 3.05) is 20.6 Å². The fraction of sp³-hybridized carbons (Fsp3) is 0.611. The maximum atomic E-state index is 13.2.